The van der Waals surface area contributed by atoms with Crippen molar-refractivity contribution in [3.63, 3.8) is 0 Å². The molecular formula is C15H20ClN5O. The minimum Gasteiger partial charge on any atom is -0.348 e. The van der Waals surface area contributed by atoms with Gasteiger partial charge in [-0.25, -0.2) is 4.68 Å². The second-order valence-corrected chi connectivity index (χ2v) is 5.39. The van der Waals surface area contributed by atoms with E-state index in [1.807, 2.05) is 30.3 Å². The number of para-hydroxylation sites is 1. The Morgan fingerprint density at radius 2 is 2.09 bits per heavy atom. The molecule has 2 unspecified atom stereocenters. The van der Waals surface area contributed by atoms with Gasteiger partial charge in [0.1, 0.15) is 0 Å². The van der Waals surface area contributed by atoms with E-state index >= 15 is 0 Å². The van der Waals surface area contributed by atoms with Crippen LogP contribution in [0.3, 0.4) is 0 Å². The molecule has 1 aromatic carbocycles. The highest BCUT2D eigenvalue weighted by atomic mass is 35.5. The zero-order chi connectivity index (χ0) is 14.7. The maximum Gasteiger partial charge on any atom is 0.273 e. The summed E-state index contributed by atoms with van der Waals surface area (Å²) in [6.45, 7) is 0.613. The molecule has 0 aliphatic heterocycles. The molecule has 1 saturated carbocycles. The van der Waals surface area contributed by atoms with Crippen molar-refractivity contribution in [2.24, 2.45) is 11.7 Å². The predicted octanol–water partition coefficient (Wildman–Crippen LogP) is 1.55. The number of nitrogens with zero attached hydrogens (tertiary/aromatic N) is 3. The molecule has 7 heteroatoms. The van der Waals surface area contributed by atoms with E-state index in [4.69, 9.17) is 5.73 Å². The Kier molecular flexibility index (Phi) is 5.51. The highest BCUT2D eigenvalue weighted by molar-refractivity contribution is 5.92. The van der Waals surface area contributed by atoms with Crippen LogP contribution in [-0.2, 0) is 0 Å². The molecule has 1 amide bonds. The first-order valence-electron chi connectivity index (χ1n) is 7.26. The molecule has 6 nitrogen and oxygen atoms in total. The van der Waals surface area contributed by atoms with Gasteiger partial charge in [-0.15, -0.1) is 17.5 Å². The minimum absolute atomic E-state index is 0. The van der Waals surface area contributed by atoms with Gasteiger partial charge in [0.05, 0.1) is 11.9 Å². The van der Waals surface area contributed by atoms with Crippen LogP contribution >= 0.6 is 12.4 Å². The predicted molar refractivity (Wildman–Crippen MR) is 86.3 cm³/mol. The molecule has 1 aliphatic rings. The lowest BCUT2D eigenvalue weighted by atomic mass is 10.0. The SMILES string of the molecule is Cl.NCC1CCCC1NC(=O)c1cn(-c2ccccc2)nn1. The van der Waals surface area contributed by atoms with E-state index in [0.717, 1.165) is 24.9 Å². The maximum absolute atomic E-state index is 12.2. The summed E-state index contributed by atoms with van der Waals surface area (Å²) in [5, 5.41) is 11.0. The van der Waals surface area contributed by atoms with Crippen molar-refractivity contribution in [2.75, 3.05) is 6.54 Å². The van der Waals surface area contributed by atoms with Crippen molar-refractivity contribution in [3.8, 4) is 5.69 Å². The quantitative estimate of drug-likeness (QED) is 0.894. The minimum atomic E-state index is -0.178. The highest BCUT2D eigenvalue weighted by Crippen LogP contribution is 2.24. The van der Waals surface area contributed by atoms with E-state index in [-0.39, 0.29) is 24.4 Å². The number of carbonyl (C=O) groups excluding carboxylic acids is 1. The second-order valence-electron chi connectivity index (χ2n) is 5.39. The number of nitrogens with one attached hydrogen (secondary N) is 1. The Bertz CT molecular complexity index is 615. The topological polar surface area (TPSA) is 85.8 Å². The third-order valence-corrected chi connectivity index (χ3v) is 4.03. The van der Waals surface area contributed by atoms with Gasteiger partial charge in [-0.2, -0.15) is 0 Å². The van der Waals surface area contributed by atoms with Gasteiger partial charge in [0.15, 0.2) is 5.69 Å². The number of hydrogen-bond donors (Lipinski definition) is 2. The van der Waals surface area contributed by atoms with Gasteiger partial charge >= 0.3 is 0 Å². The van der Waals surface area contributed by atoms with Gasteiger partial charge in [-0.1, -0.05) is 29.8 Å². The molecule has 1 aromatic heterocycles. The van der Waals surface area contributed by atoms with E-state index < -0.39 is 0 Å². The van der Waals surface area contributed by atoms with Crippen LogP contribution in [0.4, 0.5) is 0 Å². The number of benzene rings is 1. The zero-order valence-electron chi connectivity index (χ0n) is 12.2. The summed E-state index contributed by atoms with van der Waals surface area (Å²) >= 11 is 0. The van der Waals surface area contributed by atoms with Gasteiger partial charge in [0, 0.05) is 6.04 Å². The van der Waals surface area contributed by atoms with Crippen LogP contribution < -0.4 is 11.1 Å². The summed E-state index contributed by atoms with van der Waals surface area (Å²) < 4.78 is 1.60. The van der Waals surface area contributed by atoms with Crippen LogP contribution in [0.25, 0.3) is 5.69 Å². The fourth-order valence-corrected chi connectivity index (χ4v) is 2.83. The fourth-order valence-electron chi connectivity index (χ4n) is 2.83. The van der Waals surface area contributed by atoms with E-state index in [9.17, 15) is 4.79 Å². The third-order valence-electron chi connectivity index (χ3n) is 4.03. The molecule has 2 atom stereocenters. The average Bonchev–Trinajstić information content (AvgIpc) is 3.17. The first-order valence-corrected chi connectivity index (χ1v) is 7.26. The number of amides is 1. The van der Waals surface area contributed by atoms with Gasteiger partial charge in [0.25, 0.3) is 5.91 Å². The van der Waals surface area contributed by atoms with Crippen molar-refractivity contribution >= 4 is 18.3 Å². The zero-order valence-corrected chi connectivity index (χ0v) is 13.0. The largest absolute Gasteiger partial charge is 0.348 e. The van der Waals surface area contributed by atoms with Gasteiger partial charge in [-0.3, -0.25) is 4.79 Å². The summed E-state index contributed by atoms with van der Waals surface area (Å²) in [4.78, 5) is 12.2. The van der Waals surface area contributed by atoms with E-state index in [1.54, 1.807) is 10.9 Å². The standard InChI is InChI=1S/C15H19N5O.ClH/c16-9-11-5-4-8-13(11)17-15(21)14-10-20(19-18-14)12-6-2-1-3-7-12;/h1-3,6-7,10-11,13H,4-5,8-9,16H2,(H,17,21);1H. The first-order chi connectivity index (χ1) is 10.3. The molecule has 118 valence electrons. The molecule has 2 aromatic rings. The number of aromatic nitrogens is 3. The summed E-state index contributed by atoms with van der Waals surface area (Å²) in [6.07, 6.45) is 4.83. The van der Waals surface area contributed by atoms with Crippen molar-refractivity contribution in [3.05, 3.63) is 42.2 Å². The maximum atomic E-state index is 12.2. The van der Waals surface area contributed by atoms with Crippen LogP contribution in [0.5, 0.6) is 0 Å². The van der Waals surface area contributed by atoms with Gasteiger partial charge < -0.3 is 11.1 Å². The van der Waals surface area contributed by atoms with Crippen LogP contribution in [0.15, 0.2) is 36.5 Å². The van der Waals surface area contributed by atoms with Crippen LogP contribution in [0.1, 0.15) is 29.8 Å². The van der Waals surface area contributed by atoms with Gasteiger partial charge in [0.2, 0.25) is 0 Å². The Balaban J connectivity index is 0.00000176. The van der Waals surface area contributed by atoms with Crippen LogP contribution in [0.2, 0.25) is 0 Å². The third kappa shape index (κ3) is 3.45. The molecular weight excluding hydrogens is 302 g/mol. The Morgan fingerprint density at radius 1 is 1.32 bits per heavy atom. The molecule has 0 saturated heterocycles. The van der Waals surface area contributed by atoms with E-state index in [2.05, 4.69) is 15.6 Å². The molecule has 0 bridgehead atoms. The molecule has 1 aliphatic carbocycles. The average molecular weight is 322 g/mol. The Morgan fingerprint density at radius 3 is 2.82 bits per heavy atom. The van der Waals surface area contributed by atoms with E-state index in [0.29, 0.717) is 18.2 Å². The summed E-state index contributed by atoms with van der Waals surface area (Å²) in [5.74, 6) is 0.195. The summed E-state index contributed by atoms with van der Waals surface area (Å²) in [7, 11) is 0. The van der Waals surface area contributed by atoms with Crippen LogP contribution in [0, 0.1) is 5.92 Å². The summed E-state index contributed by atoms with van der Waals surface area (Å²) in [5.41, 5.74) is 6.95. The Hall–Kier alpha value is -1.92. The number of hydrogen-bond acceptors (Lipinski definition) is 4. The first kappa shape index (κ1) is 16.5. The highest BCUT2D eigenvalue weighted by Gasteiger charge is 2.28. The molecule has 0 radical (unpaired) electrons. The lowest BCUT2D eigenvalue weighted by molar-refractivity contribution is 0.0923. The van der Waals surface area contributed by atoms with Crippen molar-refractivity contribution in [1.82, 2.24) is 20.3 Å². The van der Waals surface area contributed by atoms with Crippen LogP contribution in [-0.4, -0.2) is 33.5 Å². The van der Waals surface area contributed by atoms with E-state index in [1.165, 1.54) is 0 Å². The molecule has 1 heterocycles. The number of halogens is 1. The second kappa shape index (κ2) is 7.38. The normalized spacial score (nSPS) is 20.4. The monoisotopic (exact) mass is 321 g/mol. The molecule has 0 spiro atoms. The van der Waals surface area contributed by atoms with Crippen molar-refractivity contribution in [2.45, 2.75) is 25.3 Å². The molecule has 3 N–H and O–H groups in total. The lowest BCUT2D eigenvalue weighted by Crippen LogP contribution is -2.40. The lowest BCUT2D eigenvalue weighted by Gasteiger charge is -2.18. The van der Waals surface area contributed by atoms with Crippen molar-refractivity contribution in [1.29, 1.82) is 0 Å². The molecule has 22 heavy (non-hydrogen) atoms. The smallest absolute Gasteiger partial charge is 0.273 e. The molecule has 3 rings (SSSR count). The number of nitrogens with two attached hydrogens (primary N) is 1. The molecule has 1 fully saturated rings. The Labute approximate surface area is 135 Å². The number of rotatable bonds is 4. The van der Waals surface area contributed by atoms with Crippen molar-refractivity contribution < 1.29 is 4.79 Å². The summed E-state index contributed by atoms with van der Waals surface area (Å²) in [6, 6.07) is 9.75. The van der Waals surface area contributed by atoms with Gasteiger partial charge in [-0.05, 0) is 37.4 Å². The number of carbonyl (C=O) groups is 1. The fraction of sp³-hybridized carbons (Fsp3) is 0.400.